The summed E-state index contributed by atoms with van der Waals surface area (Å²) >= 11 is -7.59. The summed E-state index contributed by atoms with van der Waals surface area (Å²) in [6.45, 7) is 8.66. The molecule has 0 amide bonds. The van der Waals surface area contributed by atoms with Crippen molar-refractivity contribution < 1.29 is 62.9 Å². The summed E-state index contributed by atoms with van der Waals surface area (Å²) in [6, 6.07) is 23.9. The van der Waals surface area contributed by atoms with Gasteiger partial charge in [0, 0.05) is 0 Å². The maximum absolute atomic E-state index is 15.2. The van der Waals surface area contributed by atoms with Gasteiger partial charge in [-0.05, 0) is 0 Å². The Kier molecular flexibility index (Phi) is 34.1. The van der Waals surface area contributed by atoms with Gasteiger partial charge in [-0.25, -0.2) is 0 Å². The first-order valence-electron chi connectivity index (χ1n) is 31.2. The van der Waals surface area contributed by atoms with Gasteiger partial charge in [0.2, 0.25) is 0 Å². The van der Waals surface area contributed by atoms with Gasteiger partial charge in [0.25, 0.3) is 0 Å². The first-order valence-corrected chi connectivity index (χ1v) is 39.4. The van der Waals surface area contributed by atoms with Gasteiger partial charge in [0.1, 0.15) is 0 Å². The van der Waals surface area contributed by atoms with Gasteiger partial charge >= 0.3 is 448 Å². The average Bonchev–Trinajstić information content (AvgIpc) is 3.63. The van der Waals surface area contributed by atoms with E-state index in [9.17, 15) is 0 Å². The topological polar surface area (TPSA) is 173 Å². The summed E-state index contributed by atoms with van der Waals surface area (Å²) in [7, 11) is -21.5. The van der Waals surface area contributed by atoms with Crippen molar-refractivity contribution in [1.29, 1.82) is 0 Å². The first-order chi connectivity index (χ1) is 39.0. The average molecular weight is 1240 g/mol. The summed E-state index contributed by atoms with van der Waals surface area (Å²) in [6.07, 6.45) is 32.9. The number of aryl methyl sites for hydroxylation is 4. The minimum atomic E-state index is -7.59. The number of rotatable bonds is 48. The zero-order chi connectivity index (χ0) is 58.7. The van der Waals surface area contributed by atoms with Crippen LogP contribution in [0.25, 0.3) is 0 Å². The smallest absolute Gasteiger partial charge is 0.0654 e. The van der Waals surface area contributed by atoms with E-state index >= 15 is 33.7 Å². The van der Waals surface area contributed by atoms with Gasteiger partial charge in [-0.2, -0.15) is 0 Å². The molecule has 0 aliphatic heterocycles. The monoisotopic (exact) mass is 1240 g/mol. The van der Waals surface area contributed by atoms with E-state index in [-0.39, 0.29) is 25.7 Å². The predicted molar refractivity (Wildman–Crippen MR) is 324 cm³/mol. The molecule has 0 fully saturated rings. The van der Waals surface area contributed by atoms with Gasteiger partial charge in [0.15, 0.2) is 0 Å². The molecule has 81 heavy (non-hydrogen) atoms. The summed E-state index contributed by atoms with van der Waals surface area (Å²) in [5.41, 5.74) is 1.21. The van der Waals surface area contributed by atoms with Gasteiger partial charge in [-0.15, -0.1) is 0 Å². The Morgan fingerprint density at radius 3 is 0.593 bits per heavy atom. The second-order valence-electron chi connectivity index (χ2n) is 22.0. The molecular weight excluding hydrogens is 1140 g/mol. The summed E-state index contributed by atoms with van der Waals surface area (Å²) in [4.78, 5) is -1.70. The Morgan fingerprint density at radius 2 is 0.407 bits per heavy atom. The van der Waals surface area contributed by atoms with E-state index in [1.807, 2.05) is 0 Å². The molecular formula is C64H100O12S4Ti. The Morgan fingerprint density at radius 1 is 0.247 bits per heavy atom. The normalized spacial score (nSPS) is 12.6. The van der Waals surface area contributed by atoms with E-state index in [1.165, 1.54) is 74.2 Å². The SMILES string of the molecule is CCCCCCCCCCc1ccccc1S(=O)(=O)[O][Ti]([O]S(=O)(=O)c1ccccc1CCCCCCCCCC)([O]S(=O)(=O)c1ccccc1CCCCCCCCCC)[O]S(=O)(=O)c1ccccc1CCCCCCCCCC. The summed E-state index contributed by atoms with van der Waals surface area (Å²) in [5, 5.41) is 0. The van der Waals surface area contributed by atoms with Crippen LogP contribution in [0.5, 0.6) is 0 Å². The fourth-order valence-corrected chi connectivity index (χ4v) is 24.5. The Bertz CT molecular complexity index is 2450. The molecule has 0 aromatic heterocycles. The van der Waals surface area contributed by atoms with E-state index in [0.717, 1.165) is 154 Å². The molecule has 12 nitrogen and oxygen atoms in total. The molecule has 0 saturated carbocycles. The Labute approximate surface area is 497 Å². The molecule has 4 aromatic carbocycles. The van der Waals surface area contributed by atoms with Crippen molar-refractivity contribution in [3.05, 3.63) is 119 Å². The second kappa shape index (κ2) is 39.0. The van der Waals surface area contributed by atoms with E-state index in [1.54, 1.807) is 48.5 Å². The predicted octanol–water partition coefficient (Wildman–Crippen LogP) is 18.2. The molecule has 0 spiro atoms. The third-order valence-electron chi connectivity index (χ3n) is 15.0. The van der Waals surface area contributed by atoms with Crippen molar-refractivity contribution in [2.24, 2.45) is 0 Å². The van der Waals surface area contributed by atoms with Crippen LogP contribution in [0.4, 0.5) is 0 Å². The van der Waals surface area contributed by atoms with Crippen LogP contribution in [-0.4, -0.2) is 33.7 Å². The number of hydrogen-bond acceptors (Lipinski definition) is 12. The van der Waals surface area contributed by atoms with Crippen LogP contribution in [-0.2, 0) is 95.4 Å². The molecule has 4 rings (SSSR count). The van der Waals surface area contributed by atoms with Crippen molar-refractivity contribution in [3.8, 4) is 0 Å². The first kappa shape index (κ1) is 70.7. The van der Waals surface area contributed by atoms with Crippen LogP contribution in [0.1, 0.15) is 255 Å². The van der Waals surface area contributed by atoms with Crippen LogP contribution in [0.15, 0.2) is 117 Å². The molecule has 0 heterocycles. The van der Waals surface area contributed by atoms with Gasteiger partial charge in [-0.1, -0.05) is 53.4 Å². The third kappa shape index (κ3) is 26.2. The molecule has 0 aliphatic rings. The second-order valence-corrected chi connectivity index (χ2v) is 32.7. The van der Waals surface area contributed by atoms with Gasteiger partial charge in [0.05, 0.1) is 0 Å². The number of benzene rings is 4. The van der Waals surface area contributed by atoms with Crippen LogP contribution in [0.2, 0.25) is 0 Å². The molecule has 456 valence electrons. The molecule has 4 aromatic rings. The van der Waals surface area contributed by atoms with Crippen LogP contribution >= 0.6 is 0 Å². The number of hydrogen-bond donors (Lipinski definition) is 0. The zero-order valence-electron chi connectivity index (χ0n) is 49.7. The minimum absolute atomic E-state index is 0.273. The molecule has 0 atom stereocenters. The molecule has 0 radical (unpaired) electrons. The minimum Gasteiger partial charge on any atom is -0.0654 e. The van der Waals surface area contributed by atoms with Crippen molar-refractivity contribution in [1.82, 2.24) is 0 Å². The molecule has 0 aliphatic carbocycles. The molecule has 0 N–H and O–H groups in total. The van der Waals surface area contributed by atoms with Crippen LogP contribution < -0.4 is 0 Å². The third-order valence-corrected chi connectivity index (χ3v) is 28.4. The van der Waals surface area contributed by atoms with Crippen LogP contribution in [0.3, 0.4) is 0 Å². The maximum atomic E-state index is 15.2. The van der Waals surface area contributed by atoms with Crippen molar-refractivity contribution in [3.63, 3.8) is 0 Å². The van der Waals surface area contributed by atoms with E-state index in [2.05, 4.69) is 27.7 Å². The van der Waals surface area contributed by atoms with Crippen molar-refractivity contribution >= 4 is 40.5 Å². The van der Waals surface area contributed by atoms with Crippen molar-refractivity contribution in [2.45, 2.75) is 278 Å². The van der Waals surface area contributed by atoms with E-state index < -0.39 is 78.2 Å². The standard InChI is InChI=1S/4C16H26O3S.Ti/c4*1-2-3-4-5-6-7-8-9-12-15-13-10-11-14-16(15)20(17,18)19;/h4*10-11,13-14H,2-9,12H2,1H3,(H,17,18,19);/q;;;;+4/p-4. The number of unbranched alkanes of at least 4 members (excludes halogenated alkanes) is 28. The van der Waals surface area contributed by atoms with Gasteiger partial charge in [-0.3, -0.25) is 0 Å². The van der Waals surface area contributed by atoms with E-state index in [4.69, 9.17) is 11.1 Å². The quantitative estimate of drug-likeness (QED) is 0.0303. The van der Waals surface area contributed by atoms with Gasteiger partial charge < -0.3 is 0 Å². The fraction of sp³-hybridized carbons (Fsp3) is 0.625. The summed E-state index contributed by atoms with van der Waals surface area (Å²) < 4.78 is 146. The molecule has 0 unspecified atom stereocenters. The molecule has 0 saturated heterocycles. The molecule has 0 bridgehead atoms. The van der Waals surface area contributed by atoms with Crippen molar-refractivity contribution in [2.75, 3.05) is 0 Å². The Balaban J connectivity index is 1.87. The van der Waals surface area contributed by atoms with E-state index in [0.29, 0.717) is 47.9 Å². The molecule has 17 heteroatoms. The van der Waals surface area contributed by atoms with Crippen LogP contribution in [0, 0.1) is 0 Å². The fourth-order valence-electron chi connectivity index (χ4n) is 10.4. The summed E-state index contributed by atoms with van der Waals surface area (Å²) in [5.74, 6) is 0. The Hall–Kier alpha value is -2.77. The zero-order valence-corrected chi connectivity index (χ0v) is 54.6.